The third kappa shape index (κ3) is 3.61. The van der Waals surface area contributed by atoms with E-state index >= 15 is 0 Å². The van der Waals surface area contributed by atoms with Gasteiger partial charge >= 0.3 is 6.18 Å². The zero-order valence-electron chi connectivity index (χ0n) is 13.1. The van der Waals surface area contributed by atoms with Crippen molar-refractivity contribution in [3.8, 4) is 11.6 Å². The Bertz CT molecular complexity index is 823. The molecule has 0 fully saturated rings. The quantitative estimate of drug-likeness (QED) is 0.621. The summed E-state index contributed by atoms with van der Waals surface area (Å²) in [6, 6.07) is 2.35. The van der Waals surface area contributed by atoms with Gasteiger partial charge in [0.1, 0.15) is 10.7 Å². The fourth-order valence-corrected chi connectivity index (χ4v) is 2.44. The molecule has 0 spiro atoms. The summed E-state index contributed by atoms with van der Waals surface area (Å²) in [5.74, 6) is -0.539. The van der Waals surface area contributed by atoms with Crippen molar-refractivity contribution in [1.82, 2.24) is 9.78 Å². The Morgan fingerprint density at radius 3 is 2.52 bits per heavy atom. The number of nitro groups is 1. The highest BCUT2D eigenvalue weighted by molar-refractivity contribution is 6.32. The average Bonchev–Trinajstić information content (AvgIpc) is 2.76. The predicted molar refractivity (Wildman–Crippen MR) is 81.8 cm³/mol. The molecule has 0 aliphatic carbocycles. The summed E-state index contributed by atoms with van der Waals surface area (Å²) in [6.45, 7) is 1.42. The van der Waals surface area contributed by atoms with Gasteiger partial charge in [-0.25, -0.2) is 0 Å². The zero-order valence-corrected chi connectivity index (χ0v) is 13.9. The molecule has 1 heterocycles. The van der Waals surface area contributed by atoms with Crippen molar-refractivity contribution in [2.75, 3.05) is 12.6 Å². The topological polar surface area (TPSA) is 91.4 Å². The summed E-state index contributed by atoms with van der Waals surface area (Å²) in [4.78, 5) is 15.1. The number of nitrogens with one attached hydrogen (secondary N) is 1. The van der Waals surface area contributed by atoms with Gasteiger partial charge < -0.3 is 4.74 Å². The first kappa shape index (κ1) is 18.8. The molecule has 1 aromatic heterocycles. The lowest BCUT2D eigenvalue weighted by atomic mass is 10.1. The molecule has 8 nitrogen and oxygen atoms in total. The Labute approximate surface area is 144 Å². The largest absolute Gasteiger partial charge is 0.434 e. The Morgan fingerprint density at radius 2 is 2.04 bits per heavy atom. The van der Waals surface area contributed by atoms with Crippen LogP contribution in [0.4, 0.5) is 24.5 Å². The fraction of sp³-hybridized carbons (Fsp3) is 0.308. The molecular formula is C13H12ClF3N4O4. The first-order valence-corrected chi connectivity index (χ1v) is 7.00. The van der Waals surface area contributed by atoms with Crippen LogP contribution in [-0.4, -0.2) is 21.8 Å². The van der Waals surface area contributed by atoms with Crippen LogP contribution in [0.3, 0.4) is 0 Å². The van der Waals surface area contributed by atoms with Gasteiger partial charge in [-0.1, -0.05) is 11.6 Å². The van der Waals surface area contributed by atoms with Crippen LogP contribution >= 0.6 is 11.6 Å². The maximum atomic E-state index is 13.0. The van der Waals surface area contributed by atoms with E-state index in [2.05, 4.69) is 10.6 Å². The van der Waals surface area contributed by atoms with E-state index in [1.165, 1.54) is 20.1 Å². The Balaban J connectivity index is 2.51. The number of aromatic nitrogens is 2. The van der Waals surface area contributed by atoms with Crippen LogP contribution in [0.25, 0.3) is 0 Å². The smallest absolute Gasteiger partial charge is 0.434 e. The molecule has 1 aromatic carbocycles. The second kappa shape index (κ2) is 6.76. The minimum absolute atomic E-state index is 0.0429. The van der Waals surface area contributed by atoms with Crippen LogP contribution in [0, 0.1) is 17.0 Å². The van der Waals surface area contributed by atoms with Crippen LogP contribution in [0.1, 0.15) is 11.3 Å². The molecule has 12 heteroatoms. The second-order valence-corrected chi connectivity index (χ2v) is 5.22. The molecule has 25 heavy (non-hydrogen) atoms. The van der Waals surface area contributed by atoms with Gasteiger partial charge in [0, 0.05) is 13.1 Å². The monoisotopic (exact) mass is 380 g/mol. The zero-order chi connectivity index (χ0) is 18.9. The van der Waals surface area contributed by atoms with Gasteiger partial charge in [-0.3, -0.25) is 25.1 Å². The molecule has 0 radical (unpaired) electrons. The third-order valence-electron chi connectivity index (χ3n) is 3.23. The van der Waals surface area contributed by atoms with E-state index in [4.69, 9.17) is 21.2 Å². The summed E-state index contributed by atoms with van der Waals surface area (Å²) >= 11 is 5.73. The molecule has 0 saturated carbocycles. The minimum atomic E-state index is -4.72. The molecular weight excluding hydrogens is 369 g/mol. The molecule has 0 aliphatic heterocycles. The van der Waals surface area contributed by atoms with Gasteiger partial charge in [0.15, 0.2) is 11.4 Å². The lowest BCUT2D eigenvalue weighted by molar-refractivity contribution is -0.385. The summed E-state index contributed by atoms with van der Waals surface area (Å²) in [5.41, 5.74) is 1.22. The number of halogens is 4. The van der Waals surface area contributed by atoms with Crippen molar-refractivity contribution < 1.29 is 27.7 Å². The van der Waals surface area contributed by atoms with E-state index in [1.807, 2.05) is 0 Å². The van der Waals surface area contributed by atoms with Gasteiger partial charge in [0.25, 0.3) is 11.6 Å². The van der Waals surface area contributed by atoms with Crippen molar-refractivity contribution in [3.05, 3.63) is 38.5 Å². The highest BCUT2D eigenvalue weighted by Crippen LogP contribution is 2.42. The maximum Gasteiger partial charge on any atom is 0.434 e. The van der Waals surface area contributed by atoms with Crippen molar-refractivity contribution >= 4 is 23.0 Å². The molecule has 0 saturated heterocycles. The molecule has 0 unspecified atom stereocenters. The first-order valence-electron chi connectivity index (χ1n) is 6.62. The van der Waals surface area contributed by atoms with Crippen molar-refractivity contribution in [3.63, 3.8) is 0 Å². The molecule has 0 amide bonds. The lowest BCUT2D eigenvalue weighted by Gasteiger charge is -2.13. The van der Waals surface area contributed by atoms with Crippen LogP contribution in [-0.2, 0) is 18.1 Å². The van der Waals surface area contributed by atoms with Crippen LogP contribution in [0.2, 0.25) is 5.02 Å². The summed E-state index contributed by atoms with van der Waals surface area (Å²) < 4.78 is 44.8. The van der Waals surface area contributed by atoms with E-state index in [9.17, 15) is 23.3 Å². The van der Waals surface area contributed by atoms with E-state index in [0.29, 0.717) is 4.68 Å². The minimum Gasteiger partial charge on any atom is -0.434 e. The van der Waals surface area contributed by atoms with Crippen LogP contribution < -0.4 is 10.2 Å². The average molecular weight is 381 g/mol. The molecule has 2 rings (SSSR count). The molecule has 1 N–H and O–H groups in total. The number of benzene rings is 1. The normalized spacial score (nSPS) is 11.5. The highest BCUT2D eigenvalue weighted by atomic mass is 35.5. The van der Waals surface area contributed by atoms with Gasteiger partial charge in [0.05, 0.1) is 17.6 Å². The first-order chi connectivity index (χ1) is 11.6. The number of rotatable bonds is 5. The Hall–Kier alpha value is -2.53. The van der Waals surface area contributed by atoms with Crippen molar-refractivity contribution in [2.45, 2.75) is 13.1 Å². The fourth-order valence-electron chi connectivity index (χ4n) is 2.14. The Kier molecular flexibility index (Phi) is 5.09. The standard InChI is InChI=1S/C13H12ClF3N4O4/c1-6-7(21(22)23)4-5-8(10(6)19-24-3)25-12-9(14)11(13(15,16)17)20(2)18-12/h4-5,19H,1-3H3. The van der Waals surface area contributed by atoms with Gasteiger partial charge in [-0.05, 0) is 13.0 Å². The molecule has 0 atom stereocenters. The van der Waals surface area contributed by atoms with E-state index in [1.54, 1.807) is 0 Å². The number of aryl methyl sites for hydroxylation is 1. The predicted octanol–water partition coefficient (Wildman–Crippen LogP) is 4.07. The number of hydrogen-bond donors (Lipinski definition) is 1. The number of anilines is 1. The molecule has 0 bridgehead atoms. The van der Waals surface area contributed by atoms with Gasteiger partial charge in [-0.15, -0.1) is 5.10 Å². The number of alkyl halides is 3. The van der Waals surface area contributed by atoms with E-state index < -0.39 is 27.7 Å². The van der Waals surface area contributed by atoms with Crippen LogP contribution in [0.15, 0.2) is 12.1 Å². The number of nitro benzene ring substituents is 1. The van der Waals surface area contributed by atoms with Crippen LogP contribution in [0.5, 0.6) is 11.6 Å². The van der Waals surface area contributed by atoms with Gasteiger partial charge in [0.2, 0.25) is 0 Å². The number of ether oxygens (including phenoxy) is 1. The number of hydrogen-bond acceptors (Lipinski definition) is 6. The lowest BCUT2D eigenvalue weighted by Crippen LogP contribution is -2.12. The highest BCUT2D eigenvalue weighted by Gasteiger charge is 2.39. The summed E-state index contributed by atoms with van der Waals surface area (Å²) in [6.07, 6.45) is -4.72. The van der Waals surface area contributed by atoms with Gasteiger partial charge in [-0.2, -0.15) is 13.2 Å². The Morgan fingerprint density at radius 1 is 1.40 bits per heavy atom. The summed E-state index contributed by atoms with van der Waals surface area (Å²) in [7, 11) is 2.33. The molecule has 0 aliphatic rings. The SMILES string of the molecule is CONc1c(Oc2nn(C)c(C(F)(F)F)c2Cl)ccc([N+](=O)[O-])c1C. The van der Waals surface area contributed by atoms with E-state index in [0.717, 1.165) is 13.1 Å². The summed E-state index contributed by atoms with van der Waals surface area (Å²) in [5, 5.41) is 13.9. The maximum absolute atomic E-state index is 13.0. The second-order valence-electron chi connectivity index (χ2n) is 4.84. The van der Waals surface area contributed by atoms with Crippen molar-refractivity contribution in [1.29, 1.82) is 0 Å². The van der Waals surface area contributed by atoms with E-state index in [-0.39, 0.29) is 22.7 Å². The molecule has 136 valence electrons. The third-order valence-corrected chi connectivity index (χ3v) is 3.57. The number of nitrogens with zero attached hydrogens (tertiary/aromatic N) is 3. The molecule has 2 aromatic rings. The van der Waals surface area contributed by atoms with Crippen molar-refractivity contribution in [2.24, 2.45) is 7.05 Å².